The molecule has 0 radical (unpaired) electrons. The number of fused-ring (bicyclic) bond motifs is 1. The Morgan fingerprint density at radius 1 is 1.06 bits per heavy atom. The van der Waals surface area contributed by atoms with Gasteiger partial charge in [0.15, 0.2) is 11.5 Å². The van der Waals surface area contributed by atoms with Crippen LogP contribution in [0.4, 0.5) is 5.69 Å². The van der Waals surface area contributed by atoms with Crippen molar-refractivity contribution in [1.82, 2.24) is 5.32 Å². The highest BCUT2D eigenvalue weighted by Gasteiger charge is 2.53. The van der Waals surface area contributed by atoms with Crippen molar-refractivity contribution in [2.45, 2.75) is 57.9 Å². The number of rotatable bonds is 4. The van der Waals surface area contributed by atoms with E-state index in [9.17, 15) is 9.59 Å². The van der Waals surface area contributed by atoms with Crippen LogP contribution in [0.2, 0.25) is 0 Å². The molecule has 166 valence electrons. The smallest absolute Gasteiger partial charge is 0.227 e. The molecule has 1 aromatic rings. The first-order chi connectivity index (χ1) is 15.0. The largest absolute Gasteiger partial charge is 0.486 e. The molecule has 6 heteroatoms. The fourth-order valence-corrected chi connectivity index (χ4v) is 7.52. The quantitative estimate of drug-likeness (QED) is 0.803. The van der Waals surface area contributed by atoms with E-state index < -0.39 is 0 Å². The van der Waals surface area contributed by atoms with Crippen molar-refractivity contribution in [3.05, 3.63) is 18.2 Å². The minimum absolute atomic E-state index is 0.000662. The predicted octanol–water partition coefficient (Wildman–Crippen LogP) is 3.53. The molecule has 5 fully saturated rings. The lowest BCUT2D eigenvalue weighted by Gasteiger charge is -2.59. The normalized spacial score (nSPS) is 36.5. The van der Waals surface area contributed by atoms with Crippen LogP contribution >= 0.6 is 0 Å². The van der Waals surface area contributed by atoms with Gasteiger partial charge in [-0.15, -0.1) is 0 Å². The number of nitrogens with one attached hydrogen (secondary N) is 1. The average molecular weight is 425 g/mol. The minimum Gasteiger partial charge on any atom is -0.486 e. The van der Waals surface area contributed by atoms with E-state index >= 15 is 0 Å². The summed E-state index contributed by atoms with van der Waals surface area (Å²) in [6, 6.07) is 5.76. The second kappa shape index (κ2) is 7.14. The van der Waals surface area contributed by atoms with Crippen LogP contribution in [0.1, 0.15) is 51.9 Å². The number of amides is 2. The molecule has 6 aliphatic rings. The van der Waals surface area contributed by atoms with Gasteiger partial charge >= 0.3 is 0 Å². The number of nitrogens with zero attached hydrogens (tertiary/aromatic N) is 1. The molecule has 1 aromatic carbocycles. The highest BCUT2D eigenvalue weighted by atomic mass is 16.6. The maximum atomic E-state index is 13.2. The molecular formula is C25H32N2O4. The van der Waals surface area contributed by atoms with Crippen LogP contribution in [0.25, 0.3) is 0 Å². The molecule has 7 rings (SSSR count). The molecule has 0 unspecified atom stereocenters. The van der Waals surface area contributed by atoms with E-state index in [0.717, 1.165) is 23.4 Å². The van der Waals surface area contributed by atoms with Crippen LogP contribution in [0.15, 0.2) is 18.2 Å². The monoisotopic (exact) mass is 424 g/mol. The maximum Gasteiger partial charge on any atom is 0.227 e. The second-order valence-electron chi connectivity index (χ2n) is 10.7. The topological polar surface area (TPSA) is 67.9 Å². The highest BCUT2D eigenvalue weighted by Crippen LogP contribution is 2.61. The van der Waals surface area contributed by atoms with Gasteiger partial charge in [0, 0.05) is 30.8 Å². The molecule has 31 heavy (non-hydrogen) atoms. The fourth-order valence-electron chi connectivity index (χ4n) is 7.52. The molecule has 0 aromatic heterocycles. The Balaban J connectivity index is 1.13. The van der Waals surface area contributed by atoms with Crippen LogP contribution in [-0.2, 0) is 9.59 Å². The summed E-state index contributed by atoms with van der Waals surface area (Å²) >= 11 is 0. The van der Waals surface area contributed by atoms with Gasteiger partial charge in [-0.25, -0.2) is 0 Å². The Morgan fingerprint density at radius 2 is 1.71 bits per heavy atom. The van der Waals surface area contributed by atoms with Gasteiger partial charge in [-0.05, 0) is 80.8 Å². The van der Waals surface area contributed by atoms with E-state index in [0.29, 0.717) is 31.3 Å². The number of carbonyl (C=O) groups is 2. The second-order valence-corrected chi connectivity index (χ2v) is 10.7. The van der Waals surface area contributed by atoms with E-state index in [2.05, 4.69) is 12.2 Å². The Bertz CT molecular complexity index is 877. The molecule has 2 aliphatic heterocycles. The van der Waals surface area contributed by atoms with Gasteiger partial charge in [0.1, 0.15) is 13.2 Å². The number of benzene rings is 1. The summed E-state index contributed by atoms with van der Waals surface area (Å²) in [6.07, 6.45) is 8.30. The number of hydrogen-bond acceptors (Lipinski definition) is 4. The van der Waals surface area contributed by atoms with E-state index in [1.807, 2.05) is 18.2 Å². The molecule has 1 saturated heterocycles. The van der Waals surface area contributed by atoms with Crippen LogP contribution in [-0.4, -0.2) is 37.6 Å². The Hall–Kier alpha value is -2.24. The third-order valence-corrected chi connectivity index (χ3v) is 8.70. The molecule has 2 heterocycles. The molecular weight excluding hydrogens is 392 g/mol. The summed E-state index contributed by atoms with van der Waals surface area (Å²) in [5.41, 5.74) is 1.06. The van der Waals surface area contributed by atoms with Crippen molar-refractivity contribution < 1.29 is 19.1 Å². The van der Waals surface area contributed by atoms with Crippen LogP contribution in [0, 0.1) is 29.1 Å². The maximum absolute atomic E-state index is 13.2. The Kier molecular flexibility index (Phi) is 4.48. The number of carbonyl (C=O) groups excluding carboxylic acids is 2. The number of anilines is 1. The summed E-state index contributed by atoms with van der Waals surface area (Å²) in [5.74, 6) is 3.71. The lowest BCUT2D eigenvalue weighted by molar-refractivity contribution is -0.130. The first-order valence-corrected chi connectivity index (χ1v) is 12.0. The van der Waals surface area contributed by atoms with Gasteiger partial charge in [0.05, 0.1) is 5.92 Å². The Morgan fingerprint density at radius 3 is 2.39 bits per heavy atom. The molecule has 2 amide bonds. The molecule has 4 saturated carbocycles. The van der Waals surface area contributed by atoms with Crippen molar-refractivity contribution >= 4 is 17.5 Å². The van der Waals surface area contributed by atoms with Crippen molar-refractivity contribution in [2.24, 2.45) is 29.1 Å². The third-order valence-electron chi connectivity index (χ3n) is 8.70. The minimum atomic E-state index is -0.294. The van der Waals surface area contributed by atoms with E-state index in [1.165, 1.54) is 38.5 Å². The zero-order valence-electron chi connectivity index (χ0n) is 18.3. The van der Waals surface area contributed by atoms with Crippen LogP contribution in [0.5, 0.6) is 11.5 Å². The summed E-state index contributed by atoms with van der Waals surface area (Å²) in [7, 11) is 0. The molecule has 4 bridgehead atoms. The van der Waals surface area contributed by atoms with Gasteiger partial charge in [0.2, 0.25) is 11.8 Å². The van der Waals surface area contributed by atoms with Crippen molar-refractivity contribution in [1.29, 1.82) is 0 Å². The summed E-state index contributed by atoms with van der Waals surface area (Å²) < 4.78 is 11.2. The van der Waals surface area contributed by atoms with Gasteiger partial charge < -0.3 is 19.7 Å². The van der Waals surface area contributed by atoms with Gasteiger partial charge in [0.25, 0.3) is 0 Å². The van der Waals surface area contributed by atoms with Crippen LogP contribution in [0.3, 0.4) is 0 Å². The first kappa shape index (κ1) is 19.4. The summed E-state index contributed by atoms with van der Waals surface area (Å²) in [4.78, 5) is 27.6. The standard InChI is InChI=1S/C25H32N2O4/c1-15(25-11-16-6-17(12-25)8-18(7-16)13-25)26-24(29)19-9-23(28)27(14-19)20-2-3-21-22(10-20)31-5-4-30-21/h2-3,10,15-19H,4-9,11-14H2,1H3,(H,26,29)/t15-,16?,17?,18?,19+,25?/m0/s1. The lowest BCUT2D eigenvalue weighted by Crippen LogP contribution is -2.56. The van der Waals surface area contributed by atoms with Gasteiger partial charge in [-0.3, -0.25) is 9.59 Å². The summed E-state index contributed by atoms with van der Waals surface area (Å²) in [5, 5.41) is 3.36. The predicted molar refractivity (Wildman–Crippen MR) is 116 cm³/mol. The van der Waals surface area contributed by atoms with E-state index in [-0.39, 0.29) is 35.6 Å². The molecule has 1 N–H and O–H groups in total. The molecule has 2 atom stereocenters. The van der Waals surface area contributed by atoms with E-state index in [4.69, 9.17) is 9.47 Å². The van der Waals surface area contributed by atoms with Crippen molar-refractivity contribution in [3.63, 3.8) is 0 Å². The number of ether oxygens (including phenoxy) is 2. The molecule has 4 aliphatic carbocycles. The average Bonchev–Trinajstić information content (AvgIpc) is 3.14. The van der Waals surface area contributed by atoms with Crippen molar-refractivity contribution in [2.75, 3.05) is 24.7 Å². The summed E-state index contributed by atoms with van der Waals surface area (Å²) in [6.45, 7) is 3.69. The van der Waals surface area contributed by atoms with Crippen molar-refractivity contribution in [3.8, 4) is 11.5 Å². The van der Waals surface area contributed by atoms with Gasteiger partial charge in [-0.1, -0.05) is 0 Å². The first-order valence-electron chi connectivity index (χ1n) is 12.0. The zero-order chi connectivity index (χ0) is 21.2. The fraction of sp³-hybridized carbons (Fsp3) is 0.680. The van der Waals surface area contributed by atoms with Crippen LogP contribution < -0.4 is 19.7 Å². The zero-order valence-corrected chi connectivity index (χ0v) is 18.3. The third kappa shape index (κ3) is 3.30. The SMILES string of the molecule is C[C@H](NC(=O)[C@@H]1CC(=O)N(c2ccc3c(c2)OCCO3)C1)C12CC3CC(CC(C3)C1)C2. The molecule has 6 nitrogen and oxygen atoms in total. The number of hydrogen-bond donors (Lipinski definition) is 1. The van der Waals surface area contributed by atoms with Gasteiger partial charge in [-0.2, -0.15) is 0 Å². The van der Waals surface area contributed by atoms with E-state index in [1.54, 1.807) is 4.90 Å². The molecule has 0 spiro atoms. The Labute approximate surface area is 183 Å². The highest BCUT2D eigenvalue weighted by molar-refractivity contribution is 6.00. The lowest BCUT2D eigenvalue weighted by atomic mass is 9.48.